The minimum absolute atomic E-state index is 0.0222. The number of carbonyl (C=O) groups excluding carboxylic acids is 2. The number of ether oxygens (including phenoxy) is 2. The SMILES string of the molecule is C/C=C/C(=O)O[C@H](c1ccccc1)c1ccc2cccc(OC)c2c1C(=O)N(C(C)C)C(C)C. The first-order valence-corrected chi connectivity index (χ1v) is 11.6. The summed E-state index contributed by atoms with van der Waals surface area (Å²) in [6.07, 6.45) is 2.26. The maximum Gasteiger partial charge on any atom is 0.331 e. The van der Waals surface area contributed by atoms with Crippen LogP contribution in [-0.4, -0.2) is 36.0 Å². The number of nitrogens with zero attached hydrogens (tertiary/aromatic N) is 1. The summed E-state index contributed by atoms with van der Waals surface area (Å²) < 4.78 is 11.6. The quantitative estimate of drug-likeness (QED) is 0.292. The van der Waals surface area contributed by atoms with Gasteiger partial charge in [0, 0.05) is 29.1 Å². The number of hydrogen-bond acceptors (Lipinski definition) is 4. The highest BCUT2D eigenvalue weighted by Gasteiger charge is 2.31. The molecule has 0 aliphatic rings. The topological polar surface area (TPSA) is 55.8 Å². The van der Waals surface area contributed by atoms with Crippen molar-refractivity contribution in [3.8, 4) is 5.75 Å². The number of benzene rings is 3. The number of hydrogen-bond donors (Lipinski definition) is 0. The van der Waals surface area contributed by atoms with Crippen LogP contribution < -0.4 is 4.74 Å². The molecule has 0 aromatic heterocycles. The Morgan fingerprint density at radius 3 is 2.15 bits per heavy atom. The van der Waals surface area contributed by atoms with E-state index in [2.05, 4.69) is 0 Å². The van der Waals surface area contributed by atoms with Gasteiger partial charge in [-0.05, 0) is 51.6 Å². The van der Waals surface area contributed by atoms with Crippen molar-refractivity contribution >= 4 is 22.6 Å². The third-order valence-corrected chi connectivity index (χ3v) is 5.74. The smallest absolute Gasteiger partial charge is 0.331 e. The highest BCUT2D eigenvalue weighted by atomic mass is 16.5. The van der Waals surface area contributed by atoms with Gasteiger partial charge in [0.15, 0.2) is 6.10 Å². The summed E-state index contributed by atoms with van der Waals surface area (Å²) in [5, 5.41) is 1.59. The van der Waals surface area contributed by atoms with Gasteiger partial charge < -0.3 is 14.4 Å². The number of esters is 1. The lowest BCUT2D eigenvalue weighted by atomic mass is 9.90. The first-order valence-electron chi connectivity index (χ1n) is 11.6. The molecule has 178 valence electrons. The average molecular weight is 460 g/mol. The first-order chi connectivity index (χ1) is 16.3. The highest BCUT2D eigenvalue weighted by Crippen LogP contribution is 2.38. The van der Waals surface area contributed by atoms with Crippen molar-refractivity contribution in [2.45, 2.75) is 52.8 Å². The molecule has 3 rings (SSSR count). The Morgan fingerprint density at radius 2 is 1.56 bits per heavy atom. The molecule has 0 saturated carbocycles. The summed E-state index contributed by atoms with van der Waals surface area (Å²) in [7, 11) is 1.60. The van der Waals surface area contributed by atoms with Crippen LogP contribution >= 0.6 is 0 Å². The fourth-order valence-electron chi connectivity index (χ4n) is 4.41. The summed E-state index contributed by atoms with van der Waals surface area (Å²) in [5.41, 5.74) is 1.89. The van der Waals surface area contributed by atoms with E-state index in [4.69, 9.17) is 9.47 Å². The Balaban J connectivity index is 2.37. The van der Waals surface area contributed by atoms with Crippen molar-refractivity contribution in [2.75, 3.05) is 7.11 Å². The second-order valence-corrected chi connectivity index (χ2v) is 8.72. The largest absolute Gasteiger partial charge is 0.496 e. The van der Waals surface area contributed by atoms with E-state index in [1.807, 2.05) is 93.3 Å². The van der Waals surface area contributed by atoms with Crippen LogP contribution in [0.4, 0.5) is 0 Å². The zero-order valence-electron chi connectivity index (χ0n) is 20.7. The minimum Gasteiger partial charge on any atom is -0.496 e. The number of carbonyl (C=O) groups is 2. The van der Waals surface area contributed by atoms with Gasteiger partial charge in [0.2, 0.25) is 0 Å². The lowest BCUT2D eigenvalue weighted by molar-refractivity contribution is -0.141. The van der Waals surface area contributed by atoms with Crippen LogP contribution in [0.5, 0.6) is 5.75 Å². The molecular formula is C29H33NO4. The van der Waals surface area contributed by atoms with Crippen molar-refractivity contribution in [1.29, 1.82) is 0 Å². The van der Waals surface area contributed by atoms with E-state index < -0.39 is 12.1 Å². The standard InChI is InChI=1S/C29H33NO4/c1-7-12-25(31)34-28(22-13-9-8-10-14-22)23-18-17-21-15-11-16-24(33-6)26(21)27(23)29(32)30(19(2)3)20(4)5/h7-20,28H,1-6H3/b12-7+/t28-/m1/s1. The maximum atomic E-state index is 14.2. The molecule has 3 aromatic rings. The molecule has 34 heavy (non-hydrogen) atoms. The fourth-order valence-corrected chi connectivity index (χ4v) is 4.41. The first kappa shape index (κ1) is 25.0. The fraction of sp³-hybridized carbons (Fsp3) is 0.310. The predicted octanol–water partition coefficient (Wildman–Crippen LogP) is 6.32. The number of amides is 1. The molecule has 0 bridgehead atoms. The van der Waals surface area contributed by atoms with Crippen LogP contribution in [0.2, 0.25) is 0 Å². The van der Waals surface area contributed by atoms with Crippen LogP contribution in [0.3, 0.4) is 0 Å². The molecule has 0 fully saturated rings. The number of rotatable bonds is 8. The van der Waals surface area contributed by atoms with Gasteiger partial charge in [-0.1, -0.05) is 60.7 Å². The van der Waals surface area contributed by atoms with Crippen molar-refractivity contribution in [1.82, 2.24) is 4.90 Å². The molecule has 1 amide bonds. The van der Waals surface area contributed by atoms with Gasteiger partial charge in [-0.15, -0.1) is 0 Å². The Morgan fingerprint density at radius 1 is 0.882 bits per heavy atom. The summed E-state index contributed by atoms with van der Waals surface area (Å²) in [6.45, 7) is 9.76. The van der Waals surface area contributed by atoms with Gasteiger partial charge in [0.05, 0.1) is 12.7 Å². The van der Waals surface area contributed by atoms with Gasteiger partial charge in [-0.2, -0.15) is 0 Å². The third kappa shape index (κ3) is 5.14. The van der Waals surface area contributed by atoms with Gasteiger partial charge >= 0.3 is 5.97 Å². The molecule has 0 saturated heterocycles. The summed E-state index contributed by atoms with van der Waals surface area (Å²) in [4.78, 5) is 28.6. The lowest BCUT2D eigenvalue weighted by Gasteiger charge is -2.33. The van der Waals surface area contributed by atoms with Crippen LogP contribution in [0, 0.1) is 0 Å². The lowest BCUT2D eigenvalue weighted by Crippen LogP contribution is -2.42. The second kappa shape index (κ2) is 11.0. The molecule has 3 aromatic carbocycles. The van der Waals surface area contributed by atoms with Crippen molar-refractivity contribution in [2.24, 2.45) is 0 Å². The molecule has 0 radical (unpaired) electrons. The van der Waals surface area contributed by atoms with E-state index >= 15 is 0 Å². The molecule has 5 nitrogen and oxygen atoms in total. The van der Waals surface area contributed by atoms with Gasteiger partial charge in [0.1, 0.15) is 5.75 Å². The Bertz CT molecular complexity index is 1170. The number of methoxy groups -OCH3 is 1. The van der Waals surface area contributed by atoms with Crippen molar-refractivity contribution < 1.29 is 19.1 Å². The number of fused-ring (bicyclic) bond motifs is 1. The monoisotopic (exact) mass is 459 g/mol. The normalized spacial score (nSPS) is 12.4. The van der Waals surface area contributed by atoms with E-state index in [0.29, 0.717) is 22.3 Å². The average Bonchev–Trinajstić information content (AvgIpc) is 2.81. The number of allylic oxidation sites excluding steroid dienone is 1. The molecule has 1 atom stereocenters. The van der Waals surface area contributed by atoms with E-state index in [1.165, 1.54) is 6.08 Å². The highest BCUT2D eigenvalue weighted by molar-refractivity contribution is 6.11. The van der Waals surface area contributed by atoms with Gasteiger partial charge in [0.25, 0.3) is 5.91 Å². The molecule has 0 spiro atoms. The van der Waals surface area contributed by atoms with E-state index in [0.717, 1.165) is 10.9 Å². The summed E-state index contributed by atoms with van der Waals surface area (Å²) in [5.74, 6) is -0.000630. The van der Waals surface area contributed by atoms with Crippen LogP contribution in [-0.2, 0) is 9.53 Å². The maximum absolute atomic E-state index is 14.2. The van der Waals surface area contributed by atoms with Crippen molar-refractivity contribution in [3.63, 3.8) is 0 Å². The molecule has 0 N–H and O–H groups in total. The van der Waals surface area contributed by atoms with Crippen LogP contribution in [0.1, 0.15) is 62.2 Å². The zero-order valence-corrected chi connectivity index (χ0v) is 20.7. The van der Waals surface area contributed by atoms with E-state index in [1.54, 1.807) is 20.1 Å². The van der Waals surface area contributed by atoms with Crippen LogP contribution in [0.25, 0.3) is 10.8 Å². The van der Waals surface area contributed by atoms with E-state index in [-0.39, 0.29) is 18.0 Å². The zero-order chi connectivity index (χ0) is 24.8. The molecule has 0 aliphatic heterocycles. The van der Waals surface area contributed by atoms with Crippen molar-refractivity contribution in [3.05, 3.63) is 89.5 Å². The predicted molar refractivity (Wildman–Crippen MR) is 136 cm³/mol. The second-order valence-electron chi connectivity index (χ2n) is 8.72. The Labute approximate surface area is 202 Å². The molecule has 5 heteroatoms. The Kier molecular flexibility index (Phi) is 8.11. The molecule has 0 unspecified atom stereocenters. The Hall–Kier alpha value is -3.60. The van der Waals surface area contributed by atoms with Gasteiger partial charge in [-0.3, -0.25) is 4.79 Å². The summed E-state index contributed by atoms with van der Waals surface area (Å²) >= 11 is 0. The third-order valence-electron chi connectivity index (χ3n) is 5.74. The minimum atomic E-state index is -0.765. The molecular weight excluding hydrogens is 426 g/mol. The summed E-state index contributed by atoms with van der Waals surface area (Å²) in [6, 6.07) is 19.0. The van der Waals surface area contributed by atoms with E-state index in [9.17, 15) is 9.59 Å². The molecule has 0 aliphatic carbocycles. The van der Waals surface area contributed by atoms with Gasteiger partial charge in [-0.25, -0.2) is 4.79 Å². The van der Waals surface area contributed by atoms with Crippen LogP contribution in [0.15, 0.2) is 72.8 Å². The molecule has 0 heterocycles.